The van der Waals surface area contributed by atoms with Gasteiger partial charge < -0.3 is 15.0 Å². The minimum Gasteiger partial charge on any atom is -0.444 e. The van der Waals surface area contributed by atoms with Gasteiger partial charge in [-0.15, -0.1) is 0 Å². The van der Waals surface area contributed by atoms with E-state index in [0.717, 1.165) is 25.0 Å². The lowest BCUT2D eigenvalue weighted by Crippen LogP contribution is -2.49. The lowest BCUT2D eigenvalue weighted by molar-refractivity contribution is -0.138. The smallest absolute Gasteiger partial charge is 0.407 e. The molecule has 2 aliphatic rings. The van der Waals surface area contributed by atoms with Crippen molar-refractivity contribution in [3.63, 3.8) is 0 Å². The van der Waals surface area contributed by atoms with Gasteiger partial charge >= 0.3 is 6.09 Å². The van der Waals surface area contributed by atoms with Crippen LogP contribution in [0, 0.1) is 17.7 Å². The van der Waals surface area contributed by atoms with Crippen LogP contribution >= 0.6 is 0 Å². The average molecular weight is 484 g/mol. The Morgan fingerprint density at radius 3 is 2.33 bits per heavy atom. The first-order valence-corrected chi connectivity index (χ1v) is 12.9. The van der Waals surface area contributed by atoms with Crippen molar-refractivity contribution >= 4 is 22.0 Å². The van der Waals surface area contributed by atoms with Gasteiger partial charge in [0.05, 0.1) is 10.8 Å². The highest BCUT2D eigenvalue weighted by Gasteiger charge is 2.36. The van der Waals surface area contributed by atoms with Crippen LogP contribution in [-0.4, -0.2) is 67.9 Å². The van der Waals surface area contributed by atoms with Crippen LogP contribution in [0.15, 0.2) is 29.2 Å². The maximum absolute atomic E-state index is 13.2. The molecule has 1 N–H and O–H groups in total. The molecule has 3 rings (SSSR count). The number of likely N-dealkylation sites (tertiary alicyclic amines) is 1. The largest absolute Gasteiger partial charge is 0.444 e. The highest BCUT2D eigenvalue weighted by atomic mass is 32.2. The van der Waals surface area contributed by atoms with E-state index in [-0.39, 0.29) is 29.2 Å². The maximum atomic E-state index is 13.2. The van der Waals surface area contributed by atoms with Gasteiger partial charge in [-0.1, -0.05) is 0 Å². The van der Waals surface area contributed by atoms with Crippen LogP contribution in [0.25, 0.3) is 0 Å². The number of hydrogen-bond acceptors (Lipinski definition) is 5. The fourth-order valence-electron chi connectivity index (χ4n) is 4.28. The zero-order chi connectivity index (χ0) is 24.2. The SMILES string of the molecule is CC(C)(C)OC(=O)NCC1CCN(C(=O)C2CCCN(S(=O)(=O)c3ccc(F)cc3)C2)CC1. The number of alkyl carbamates (subject to hydrolysis) is 1. The van der Waals surface area contributed by atoms with Crippen LogP contribution in [0.3, 0.4) is 0 Å². The van der Waals surface area contributed by atoms with Gasteiger partial charge in [0.2, 0.25) is 15.9 Å². The van der Waals surface area contributed by atoms with E-state index in [2.05, 4.69) is 5.32 Å². The molecule has 0 bridgehead atoms. The topological polar surface area (TPSA) is 96.0 Å². The van der Waals surface area contributed by atoms with Gasteiger partial charge in [0.25, 0.3) is 0 Å². The van der Waals surface area contributed by atoms with Gasteiger partial charge in [-0.25, -0.2) is 17.6 Å². The molecule has 0 aliphatic carbocycles. The second-order valence-electron chi connectivity index (χ2n) is 9.81. The molecule has 33 heavy (non-hydrogen) atoms. The number of hydrogen-bond donors (Lipinski definition) is 1. The van der Waals surface area contributed by atoms with Crippen molar-refractivity contribution in [3.8, 4) is 0 Å². The van der Waals surface area contributed by atoms with Gasteiger partial charge in [0, 0.05) is 32.7 Å². The predicted octanol–water partition coefficient (Wildman–Crippen LogP) is 2.99. The van der Waals surface area contributed by atoms with E-state index in [1.807, 2.05) is 25.7 Å². The maximum Gasteiger partial charge on any atom is 0.407 e. The third-order valence-electron chi connectivity index (χ3n) is 6.04. The molecule has 0 spiro atoms. The van der Waals surface area contributed by atoms with E-state index in [1.165, 1.54) is 16.4 Å². The summed E-state index contributed by atoms with van der Waals surface area (Å²) in [5, 5.41) is 2.80. The fraction of sp³-hybridized carbons (Fsp3) is 0.652. The molecule has 2 amide bonds. The molecule has 0 radical (unpaired) electrons. The normalized spacial score (nSPS) is 21.0. The Bertz CT molecular complexity index is 938. The van der Waals surface area contributed by atoms with Crippen molar-refractivity contribution in [1.29, 1.82) is 0 Å². The van der Waals surface area contributed by atoms with Gasteiger partial charge in [-0.2, -0.15) is 4.31 Å². The Kier molecular flexibility index (Phi) is 8.00. The zero-order valence-electron chi connectivity index (χ0n) is 19.5. The molecule has 2 heterocycles. The van der Waals surface area contributed by atoms with Crippen LogP contribution in [-0.2, 0) is 19.6 Å². The summed E-state index contributed by atoms with van der Waals surface area (Å²) in [4.78, 5) is 26.8. The summed E-state index contributed by atoms with van der Waals surface area (Å²) in [6.45, 7) is 7.60. The Balaban J connectivity index is 1.50. The summed E-state index contributed by atoms with van der Waals surface area (Å²) in [6.07, 6.45) is 2.35. The van der Waals surface area contributed by atoms with Crippen molar-refractivity contribution in [2.75, 3.05) is 32.7 Å². The number of carbonyl (C=O) groups is 2. The molecule has 184 valence electrons. The number of nitrogens with one attached hydrogen (secondary N) is 1. The Morgan fingerprint density at radius 2 is 1.73 bits per heavy atom. The van der Waals surface area contributed by atoms with E-state index < -0.39 is 27.5 Å². The van der Waals surface area contributed by atoms with E-state index in [0.29, 0.717) is 39.0 Å². The van der Waals surface area contributed by atoms with Crippen molar-refractivity contribution in [2.45, 2.75) is 57.0 Å². The molecule has 2 aliphatic heterocycles. The van der Waals surface area contributed by atoms with Crippen molar-refractivity contribution in [3.05, 3.63) is 30.1 Å². The molecule has 1 aromatic rings. The summed E-state index contributed by atoms with van der Waals surface area (Å²) < 4.78 is 45.6. The highest BCUT2D eigenvalue weighted by molar-refractivity contribution is 7.89. The van der Waals surface area contributed by atoms with Crippen LogP contribution in [0.1, 0.15) is 46.5 Å². The lowest BCUT2D eigenvalue weighted by atomic mass is 9.93. The number of nitrogens with zero attached hydrogens (tertiary/aromatic N) is 2. The summed E-state index contributed by atoms with van der Waals surface area (Å²) in [5.74, 6) is -0.633. The molecule has 10 heteroatoms. The fourth-order valence-corrected chi connectivity index (χ4v) is 5.80. The number of sulfonamides is 1. The van der Waals surface area contributed by atoms with Crippen molar-refractivity contribution in [1.82, 2.24) is 14.5 Å². The molecule has 2 saturated heterocycles. The predicted molar refractivity (Wildman–Crippen MR) is 121 cm³/mol. The second-order valence-corrected chi connectivity index (χ2v) is 11.7. The second kappa shape index (κ2) is 10.4. The first kappa shape index (κ1) is 25.4. The van der Waals surface area contributed by atoms with E-state index in [4.69, 9.17) is 4.74 Å². The van der Waals surface area contributed by atoms with Crippen molar-refractivity contribution in [2.24, 2.45) is 11.8 Å². The van der Waals surface area contributed by atoms with E-state index in [1.54, 1.807) is 0 Å². The number of rotatable bonds is 5. The Labute approximate surface area is 195 Å². The highest BCUT2D eigenvalue weighted by Crippen LogP contribution is 2.27. The number of benzene rings is 1. The molecular weight excluding hydrogens is 449 g/mol. The molecule has 2 fully saturated rings. The van der Waals surface area contributed by atoms with E-state index >= 15 is 0 Å². The molecule has 8 nitrogen and oxygen atoms in total. The van der Waals surface area contributed by atoms with Gasteiger partial charge in [0.1, 0.15) is 11.4 Å². The molecular formula is C23H34FN3O5S. The van der Waals surface area contributed by atoms with Crippen LogP contribution in [0.2, 0.25) is 0 Å². The van der Waals surface area contributed by atoms with Crippen LogP contribution < -0.4 is 5.32 Å². The Hall–Kier alpha value is -2.20. The minimum atomic E-state index is -3.77. The Morgan fingerprint density at radius 1 is 1.09 bits per heavy atom. The van der Waals surface area contributed by atoms with Crippen LogP contribution in [0.4, 0.5) is 9.18 Å². The molecule has 1 atom stereocenters. The summed E-state index contributed by atoms with van der Waals surface area (Å²) >= 11 is 0. The lowest BCUT2D eigenvalue weighted by Gasteiger charge is -2.37. The zero-order valence-corrected chi connectivity index (χ0v) is 20.4. The number of piperidine rings is 2. The quantitative estimate of drug-likeness (QED) is 0.695. The average Bonchev–Trinajstić information content (AvgIpc) is 2.77. The van der Waals surface area contributed by atoms with Gasteiger partial charge in [-0.05, 0) is 76.6 Å². The summed E-state index contributed by atoms with van der Waals surface area (Å²) in [6, 6.07) is 4.76. The third-order valence-corrected chi connectivity index (χ3v) is 7.92. The summed E-state index contributed by atoms with van der Waals surface area (Å²) in [5.41, 5.74) is -0.544. The van der Waals surface area contributed by atoms with Gasteiger partial charge in [-0.3, -0.25) is 4.79 Å². The molecule has 1 aromatic carbocycles. The van der Waals surface area contributed by atoms with Crippen molar-refractivity contribution < 1.29 is 27.1 Å². The molecule has 0 aromatic heterocycles. The minimum absolute atomic E-state index is 0.0208. The molecule has 1 unspecified atom stereocenters. The standard InChI is InChI=1S/C23H34FN3O5S/c1-23(2,3)32-22(29)25-15-17-10-13-26(14-11-17)21(28)18-5-4-12-27(16-18)33(30,31)20-8-6-19(24)7-9-20/h6-9,17-18H,4-5,10-16H2,1-3H3,(H,25,29). The monoisotopic (exact) mass is 483 g/mol. The number of carbonyl (C=O) groups excluding carboxylic acids is 2. The summed E-state index contributed by atoms with van der Waals surface area (Å²) in [7, 11) is -3.77. The van der Waals surface area contributed by atoms with E-state index in [9.17, 15) is 22.4 Å². The first-order chi connectivity index (χ1) is 15.5. The number of ether oxygens (including phenoxy) is 1. The van der Waals surface area contributed by atoms with Gasteiger partial charge in [0.15, 0.2) is 0 Å². The molecule has 0 saturated carbocycles. The third kappa shape index (κ3) is 6.89. The number of amides is 2. The first-order valence-electron chi connectivity index (χ1n) is 11.5. The number of halogens is 1. The van der Waals surface area contributed by atoms with Crippen LogP contribution in [0.5, 0.6) is 0 Å².